The summed E-state index contributed by atoms with van der Waals surface area (Å²) >= 11 is 3.31. The summed E-state index contributed by atoms with van der Waals surface area (Å²) in [6.45, 7) is 3.64. The van der Waals surface area contributed by atoms with E-state index in [1.165, 1.54) is 13.1 Å². The molecule has 0 bridgehead atoms. The van der Waals surface area contributed by atoms with Gasteiger partial charge in [-0.3, -0.25) is 4.79 Å². The first-order chi connectivity index (χ1) is 8.08. The number of carbonyl (C=O) groups is 1. The second kappa shape index (κ2) is 6.24. The van der Waals surface area contributed by atoms with Crippen LogP contribution in [0.1, 0.15) is 19.4 Å². The van der Waals surface area contributed by atoms with E-state index in [4.69, 9.17) is 15.3 Å². The van der Waals surface area contributed by atoms with Crippen molar-refractivity contribution >= 4 is 28.1 Å². The minimum atomic E-state index is -0.410. The molecule has 0 unspecified atom stereocenters. The molecular formula is C11H13BrN2O3. The first-order valence-electron chi connectivity index (χ1n) is 4.96. The smallest absolute Gasteiger partial charge is 0.308 e. The summed E-state index contributed by atoms with van der Waals surface area (Å²) in [7, 11) is 0. The first kappa shape index (κ1) is 13.5. The maximum atomic E-state index is 11.0. The average Bonchev–Trinajstić information content (AvgIpc) is 2.23. The van der Waals surface area contributed by atoms with Gasteiger partial charge in [0.15, 0.2) is 11.5 Å². The fourth-order valence-corrected chi connectivity index (χ4v) is 1.79. The number of nitrogens with zero attached hydrogens (tertiary/aromatic N) is 1. The molecule has 2 N–H and O–H groups in total. The SMILES string of the molecule is CCOc1cc(C=NN)cc(Br)c1OC(C)=O. The Labute approximate surface area is 108 Å². The molecule has 0 saturated carbocycles. The van der Waals surface area contributed by atoms with E-state index < -0.39 is 5.97 Å². The molecular weight excluding hydrogens is 288 g/mol. The summed E-state index contributed by atoms with van der Waals surface area (Å²) in [5.74, 6) is 5.49. The Balaban J connectivity index is 3.21. The molecule has 0 spiro atoms. The number of hydrazone groups is 1. The van der Waals surface area contributed by atoms with Crippen molar-refractivity contribution in [3.63, 3.8) is 0 Å². The summed E-state index contributed by atoms with van der Waals surface area (Å²) in [6, 6.07) is 3.43. The Morgan fingerprint density at radius 1 is 1.59 bits per heavy atom. The van der Waals surface area contributed by atoms with Crippen LogP contribution in [0.2, 0.25) is 0 Å². The van der Waals surface area contributed by atoms with Crippen LogP contribution >= 0.6 is 15.9 Å². The van der Waals surface area contributed by atoms with Crippen LogP contribution in [0.4, 0.5) is 0 Å². The minimum absolute atomic E-state index is 0.355. The number of esters is 1. The van der Waals surface area contributed by atoms with Gasteiger partial charge in [-0.1, -0.05) is 0 Å². The van der Waals surface area contributed by atoms with Crippen molar-refractivity contribution in [3.8, 4) is 11.5 Å². The Bertz CT molecular complexity index is 447. The predicted octanol–water partition coefficient (Wildman–Crippen LogP) is 2.07. The molecule has 0 atom stereocenters. The molecule has 1 aromatic carbocycles. The highest BCUT2D eigenvalue weighted by atomic mass is 79.9. The standard InChI is InChI=1S/C11H13BrN2O3/c1-3-16-10-5-8(6-14-13)4-9(12)11(10)17-7(2)15/h4-6H,3,13H2,1-2H3. The molecule has 6 heteroatoms. The van der Waals surface area contributed by atoms with Crippen LogP contribution in [0.25, 0.3) is 0 Å². The molecule has 92 valence electrons. The summed E-state index contributed by atoms with van der Waals surface area (Å²) in [5, 5.41) is 3.43. The van der Waals surface area contributed by atoms with Crippen molar-refractivity contribution in [2.24, 2.45) is 10.9 Å². The van der Waals surface area contributed by atoms with E-state index in [0.29, 0.717) is 22.6 Å². The second-order valence-corrected chi connectivity index (χ2v) is 3.99. The van der Waals surface area contributed by atoms with Crippen molar-refractivity contribution in [1.82, 2.24) is 0 Å². The zero-order valence-corrected chi connectivity index (χ0v) is 11.2. The number of hydrogen-bond acceptors (Lipinski definition) is 5. The van der Waals surface area contributed by atoms with Gasteiger partial charge in [0.1, 0.15) is 0 Å². The Morgan fingerprint density at radius 2 is 2.29 bits per heavy atom. The zero-order valence-electron chi connectivity index (χ0n) is 9.57. The molecule has 0 aromatic heterocycles. The summed E-state index contributed by atoms with van der Waals surface area (Å²) in [5.41, 5.74) is 0.749. The van der Waals surface area contributed by atoms with Crippen molar-refractivity contribution < 1.29 is 14.3 Å². The zero-order chi connectivity index (χ0) is 12.8. The molecule has 0 aliphatic rings. The van der Waals surface area contributed by atoms with Crippen LogP contribution in [0.3, 0.4) is 0 Å². The number of hydrogen-bond donors (Lipinski definition) is 1. The van der Waals surface area contributed by atoms with E-state index >= 15 is 0 Å². The highest BCUT2D eigenvalue weighted by Crippen LogP contribution is 2.36. The Kier molecular flexibility index (Phi) is 4.96. The van der Waals surface area contributed by atoms with E-state index in [-0.39, 0.29) is 0 Å². The maximum absolute atomic E-state index is 11.0. The van der Waals surface area contributed by atoms with Crippen LogP contribution in [-0.4, -0.2) is 18.8 Å². The van der Waals surface area contributed by atoms with Crippen molar-refractivity contribution in [2.75, 3.05) is 6.61 Å². The molecule has 0 amide bonds. The van der Waals surface area contributed by atoms with Gasteiger partial charge in [-0.15, -0.1) is 0 Å². The Morgan fingerprint density at radius 3 is 2.82 bits per heavy atom. The summed E-state index contributed by atoms with van der Waals surface area (Å²) < 4.78 is 11.1. The van der Waals surface area contributed by atoms with E-state index in [9.17, 15) is 4.79 Å². The molecule has 1 rings (SSSR count). The molecule has 0 aliphatic carbocycles. The number of ether oxygens (including phenoxy) is 2. The lowest BCUT2D eigenvalue weighted by Gasteiger charge is -2.12. The van der Waals surface area contributed by atoms with Crippen LogP contribution in [0, 0.1) is 0 Å². The minimum Gasteiger partial charge on any atom is -0.490 e. The lowest BCUT2D eigenvalue weighted by Crippen LogP contribution is -2.05. The predicted molar refractivity (Wildman–Crippen MR) is 68.4 cm³/mol. The molecule has 0 fully saturated rings. The number of carbonyl (C=O) groups excluding carboxylic acids is 1. The summed E-state index contributed by atoms with van der Waals surface area (Å²) in [4.78, 5) is 11.0. The van der Waals surface area contributed by atoms with Crippen LogP contribution < -0.4 is 15.3 Å². The van der Waals surface area contributed by atoms with E-state index in [1.54, 1.807) is 12.1 Å². The normalized spacial score (nSPS) is 10.5. The molecule has 0 heterocycles. The molecule has 1 aromatic rings. The van der Waals surface area contributed by atoms with Crippen molar-refractivity contribution in [1.29, 1.82) is 0 Å². The van der Waals surface area contributed by atoms with E-state index in [2.05, 4.69) is 21.0 Å². The maximum Gasteiger partial charge on any atom is 0.308 e. The summed E-state index contributed by atoms with van der Waals surface area (Å²) in [6.07, 6.45) is 1.48. The topological polar surface area (TPSA) is 73.9 Å². The molecule has 5 nitrogen and oxygen atoms in total. The van der Waals surface area contributed by atoms with Gasteiger partial charge < -0.3 is 15.3 Å². The van der Waals surface area contributed by atoms with Crippen molar-refractivity contribution in [2.45, 2.75) is 13.8 Å². The van der Waals surface area contributed by atoms with Gasteiger partial charge >= 0.3 is 5.97 Å². The number of rotatable bonds is 4. The third-order valence-electron chi connectivity index (χ3n) is 1.80. The first-order valence-corrected chi connectivity index (χ1v) is 5.75. The third kappa shape index (κ3) is 3.74. The van der Waals surface area contributed by atoms with Crippen LogP contribution in [-0.2, 0) is 4.79 Å². The average molecular weight is 301 g/mol. The number of benzene rings is 1. The fraction of sp³-hybridized carbons (Fsp3) is 0.273. The quantitative estimate of drug-likeness (QED) is 0.304. The van der Waals surface area contributed by atoms with E-state index in [1.807, 2.05) is 6.92 Å². The highest BCUT2D eigenvalue weighted by molar-refractivity contribution is 9.10. The molecule has 0 aliphatic heterocycles. The lowest BCUT2D eigenvalue weighted by atomic mass is 10.2. The Hall–Kier alpha value is -1.56. The van der Waals surface area contributed by atoms with E-state index in [0.717, 1.165) is 5.56 Å². The highest BCUT2D eigenvalue weighted by Gasteiger charge is 2.13. The monoisotopic (exact) mass is 300 g/mol. The van der Waals surface area contributed by atoms with Gasteiger partial charge in [-0.2, -0.15) is 5.10 Å². The molecule has 17 heavy (non-hydrogen) atoms. The largest absolute Gasteiger partial charge is 0.490 e. The number of halogens is 1. The van der Waals surface area contributed by atoms with Gasteiger partial charge in [0, 0.05) is 6.92 Å². The van der Waals surface area contributed by atoms with Gasteiger partial charge in [0.25, 0.3) is 0 Å². The number of nitrogens with two attached hydrogens (primary N) is 1. The van der Waals surface area contributed by atoms with Gasteiger partial charge in [0.2, 0.25) is 0 Å². The van der Waals surface area contributed by atoms with Gasteiger partial charge in [-0.05, 0) is 40.5 Å². The van der Waals surface area contributed by atoms with Gasteiger partial charge in [0.05, 0.1) is 17.3 Å². The second-order valence-electron chi connectivity index (χ2n) is 3.13. The molecule has 0 radical (unpaired) electrons. The fourth-order valence-electron chi connectivity index (χ4n) is 1.25. The lowest BCUT2D eigenvalue weighted by molar-refractivity contribution is -0.132. The van der Waals surface area contributed by atoms with Crippen LogP contribution in [0.5, 0.6) is 11.5 Å². The van der Waals surface area contributed by atoms with Crippen LogP contribution in [0.15, 0.2) is 21.7 Å². The molecule has 0 saturated heterocycles. The third-order valence-corrected chi connectivity index (χ3v) is 2.39. The van der Waals surface area contributed by atoms with Gasteiger partial charge in [-0.25, -0.2) is 0 Å². The van der Waals surface area contributed by atoms with Crippen molar-refractivity contribution in [3.05, 3.63) is 22.2 Å².